The molecule has 0 bridgehead atoms. The minimum Gasteiger partial charge on any atom is -0.473 e. The largest absolute Gasteiger partial charge is 0.473 e. The van der Waals surface area contributed by atoms with Gasteiger partial charge in [-0.15, -0.1) is 0 Å². The Kier molecular flexibility index (Phi) is 5.81. The summed E-state index contributed by atoms with van der Waals surface area (Å²) < 4.78 is 79.7. The van der Waals surface area contributed by atoms with E-state index in [1.54, 1.807) is 10.6 Å². The Balaban J connectivity index is 1.33. The van der Waals surface area contributed by atoms with Crippen LogP contribution in [-0.2, 0) is 19.3 Å². The summed E-state index contributed by atoms with van der Waals surface area (Å²) >= 11 is 0. The fourth-order valence-electron chi connectivity index (χ4n) is 4.41. The number of benzene rings is 1. The van der Waals surface area contributed by atoms with E-state index >= 15 is 0 Å². The van der Waals surface area contributed by atoms with E-state index in [2.05, 4.69) is 14.9 Å². The van der Waals surface area contributed by atoms with Crippen molar-refractivity contribution < 1.29 is 31.4 Å². The van der Waals surface area contributed by atoms with E-state index in [1.807, 2.05) is 0 Å². The van der Waals surface area contributed by atoms with Crippen LogP contribution in [0.2, 0.25) is 0 Å². The molecule has 0 aliphatic carbocycles. The van der Waals surface area contributed by atoms with Crippen molar-refractivity contribution in [2.45, 2.75) is 44.6 Å². The predicted molar refractivity (Wildman–Crippen MR) is 113 cm³/mol. The fraction of sp³-hybridized carbons (Fsp3) is 0.348. The Hall–Kier alpha value is -3.70. The molecule has 1 atom stereocenters. The smallest absolute Gasteiger partial charge is 0.433 e. The first-order valence-electron chi connectivity index (χ1n) is 10.9. The molecule has 184 valence electrons. The highest BCUT2D eigenvalue weighted by Crippen LogP contribution is 2.34. The maximum Gasteiger partial charge on any atom is 0.433 e. The molecule has 1 fully saturated rings. The molecule has 5 rings (SSSR count). The topological polar surface area (TPSA) is 69.5 Å². The van der Waals surface area contributed by atoms with Crippen molar-refractivity contribution in [3.63, 3.8) is 0 Å². The zero-order valence-electron chi connectivity index (χ0n) is 18.2. The first kappa shape index (κ1) is 23.1. The number of nitrogens with zero attached hydrogens (tertiary/aromatic N) is 4. The number of alkyl halides is 3. The van der Waals surface area contributed by atoms with E-state index in [-0.39, 0.29) is 18.1 Å². The maximum absolute atomic E-state index is 14.6. The molecule has 0 radical (unpaired) electrons. The van der Waals surface area contributed by atoms with Gasteiger partial charge in [0.05, 0.1) is 0 Å². The van der Waals surface area contributed by atoms with Crippen LogP contribution in [0.5, 0.6) is 17.4 Å². The van der Waals surface area contributed by atoms with Crippen molar-refractivity contribution in [1.29, 1.82) is 0 Å². The lowest BCUT2D eigenvalue weighted by atomic mass is 10.1. The highest BCUT2D eigenvalue weighted by atomic mass is 19.4. The van der Waals surface area contributed by atoms with Crippen molar-refractivity contribution in [3.8, 4) is 17.4 Å². The zero-order valence-corrected chi connectivity index (χ0v) is 18.2. The van der Waals surface area contributed by atoms with Crippen molar-refractivity contribution in [3.05, 3.63) is 69.9 Å². The van der Waals surface area contributed by atoms with Crippen LogP contribution < -0.4 is 20.1 Å². The Morgan fingerprint density at radius 2 is 1.83 bits per heavy atom. The Morgan fingerprint density at radius 3 is 2.57 bits per heavy atom. The Morgan fingerprint density at radius 1 is 1.06 bits per heavy atom. The minimum absolute atomic E-state index is 0.0337. The van der Waals surface area contributed by atoms with E-state index in [9.17, 15) is 26.7 Å². The van der Waals surface area contributed by atoms with E-state index in [4.69, 9.17) is 9.47 Å². The highest BCUT2D eigenvalue weighted by Gasteiger charge is 2.33. The summed E-state index contributed by atoms with van der Waals surface area (Å²) in [5.74, 6) is -2.80. The molecule has 4 heterocycles. The molecule has 7 nitrogen and oxygen atoms in total. The van der Waals surface area contributed by atoms with Crippen molar-refractivity contribution in [2.24, 2.45) is 0 Å². The van der Waals surface area contributed by atoms with Crippen LogP contribution >= 0.6 is 0 Å². The standard InChI is InChI=1S/C23H19F5N4O3/c24-16-8-13(9-17(25)21(16)35-15-3-5-29-18(10-15)23(26,27)28)12-34-19-11-20-31-6-1-2-14(31)4-7-32(20)22(33)30-19/h3,5,8-11,14H,1-2,4,6-7,12H2. The molecule has 0 spiro atoms. The van der Waals surface area contributed by atoms with E-state index in [1.165, 1.54) is 0 Å². The first-order chi connectivity index (χ1) is 16.7. The molecule has 3 aromatic rings. The fourth-order valence-corrected chi connectivity index (χ4v) is 4.41. The van der Waals surface area contributed by atoms with Crippen LogP contribution in [0.4, 0.5) is 27.8 Å². The number of anilines is 1. The molecule has 35 heavy (non-hydrogen) atoms. The van der Waals surface area contributed by atoms with Gasteiger partial charge in [-0.25, -0.2) is 13.6 Å². The summed E-state index contributed by atoms with van der Waals surface area (Å²) in [6, 6.07) is 5.48. The number of ether oxygens (including phenoxy) is 2. The van der Waals surface area contributed by atoms with Crippen molar-refractivity contribution in [2.75, 3.05) is 11.4 Å². The second kappa shape index (κ2) is 8.82. The van der Waals surface area contributed by atoms with Crippen molar-refractivity contribution >= 4 is 5.82 Å². The van der Waals surface area contributed by atoms with Gasteiger partial charge in [-0.2, -0.15) is 18.2 Å². The number of hydrogen-bond donors (Lipinski definition) is 0. The molecular weight excluding hydrogens is 475 g/mol. The Labute approximate surface area is 195 Å². The third-order valence-corrected chi connectivity index (χ3v) is 6.01. The van der Waals surface area contributed by atoms with Gasteiger partial charge in [-0.1, -0.05) is 0 Å². The molecule has 0 saturated carbocycles. The van der Waals surface area contributed by atoms with Crippen LogP contribution in [0.3, 0.4) is 0 Å². The lowest BCUT2D eigenvalue weighted by Crippen LogP contribution is -2.41. The Bertz CT molecular complexity index is 1300. The zero-order chi connectivity index (χ0) is 24.7. The third-order valence-electron chi connectivity index (χ3n) is 6.01. The number of pyridine rings is 1. The van der Waals surface area contributed by atoms with Crippen molar-refractivity contribution in [1.82, 2.24) is 14.5 Å². The average Bonchev–Trinajstić information content (AvgIpc) is 3.29. The van der Waals surface area contributed by atoms with Gasteiger partial charge in [0.2, 0.25) is 5.88 Å². The van der Waals surface area contributed by atoms with Gasteiger partial charge in [0.25, 0.3) is 0 Å². The maximum atomic E-state index is 14.6. The summed E-state index contributed by atoms with van der Waals surface area (Å²) in [4.78, 5) is 21.7. The summed E-state index contributed by atoms with van der Waals surface area (Å²) in [5, 5.41) is 0. The molecule has 1 unspecified atom stereocenters. The van der Waals surface area contributed by atoms with Gasteiger partial charge in [-0.3, -0.25) is 9.55 Å². The quantitative estimate of drug-likeness (QED) is 0.480. The number of halogens is 5. The van der Waals surface area contributed by atoms with E-state index < -0.39 is 40.7 Å². The SMILES string of the molecule is O=c1nc(OCc2cc(F)c(Oc3ccnc(C(F)(F)F)c3)c(F)c2)cc2n1CCC1CCCN21. The van der Waals surface area contributed by atoms with Gasteiger partial charge in [0.1, 0.15) is 23.9 Å². The molecular formula is C23H19F5N4O3. The summed E-state index contributed by atoms with van der Waals surface area (Å²) in [5.41, 5.74) is -1.63. The molecule has 12 heteroatoms. The highest BCUT2D eigenvalue weighted by molar-refractivity contribution is 5.46. The van der Waals surface area contributed by atoms with Gasteiger partial charge < -0.3 is 14.4 Å². The molecule has 2 aromatic heterocycles. The van der Waals surface area contributed by atoms with Gasteiger partial charge >= 0.3 is 11.9 Å². The van der Waals surface area contributed by atoms with Gasteiger partial charge in [0.15, 0.2) is 17.4 Å². The minimum atomic E-state index is -4.74. The third kappa shape index (κ3) is 4.64. The van der Waals surface area contributed by atoms with Crippen LogP contribution in [0.15, 0.2) is 41.3 Å². The average molecular weight is 494 g/mol. The molecule has 1 saturated heterocycles. The number of fused-ring (bicyclic) bond motifs is 3. The van der Waals surface area contributed by atoms with Crippen LogP contribution in [-0.4, -0.2) is 27.1 Å². The molecule has 2 aliphatic heterocycles. The number of aromatic nitrogens is 3. The van der Waals surface area contributed by atoms with Gasteiger partial charge in [-0.05, 0) is 43.0 Å². The molecule has 0 N–H and O–H groups in total. The number of hydrogen-bond acceptors (Lipinski definition) is 6. The van der Waals surface area contributed by atoms with E-state index in [0.29, 0.717) is 24.5 Å². The molecule has 0 amide bonds. The summed E-state index contributed by atoms with van der Waals surface area (Å²) in [6.07, 6.45) is -0.952. The molecule has 2 aliphatic rings. The lowest BCUT2D eigenvalue weighted by molar-refractivity contribution is -0.141. The predicted octanol–water partition coefficient (Wildman–Crippen LogP) is 4.68. The lowest BCUT2D eigenvalue weighted by Gasteiger charge is -2.34. The monoisotopic (exact) mass is 494 g/mol. The normalized spacial score (nSPS) is 17.2. The van der Waals surface area contributed by atoms with E-state index in [0.717, 1.165) is 50.2 Å². The second-order valence-corrected chi connectivity index (χ2v) is 8.32. The molecule has 1 aromatic carbocycles. The van der Waals surface area contributed by atoms with Gasteiger partial charge in [0, 0.05) is 37.5 Å². The van der Waals surface area contributed by atoms with Crippen LogP contribution in [0.1, 0.15) is 30.5 Å². The van der Waals surface area contributed by atoms with Crippen LogP contribution in [0, 0.1) is 11.6 Å². The summed E-state index contributed by atoms with van der Waals surface area (Å²) in [7, 11) is 0. The number of rotatable bonds is 5. The van der Waals surface area contributed by atoms with Crippen LogP contribution in [0.25, 0.3) is 0 Å². The first-order valence-corrected chi connectivity index (χ1v) is 10.9. The second-order valence-electron chi connectivity index (χ2n) is 8.32. The summed E-state index contributed by atoms with van der Waals surface area (Å²) in [6.45, 7) is 1.11.